The van der Waals surface area contributed by atoms with Crippen LogP contribution in [0.3, 0.4) is 0 Å². The number of halogens is 1. The minimum absolute atomic E-state index is 0.0652. The van der Waals surface area contributed by atoms with Crippen molar-refractivity contribution in [1.29, 1.82) is 0 Å². The van der Waals surface area contributed by atoms with Crippen LogP contribution in [0.1, 0.15) is 41.8 Å². The molecular formula is C23H24FNS. The first kappa shape index (κ1) is 17.4. The van der Waals surface area contributed by atoms with E-state index in [1.54, 1.807) is 6.07 Å². The second-order valence-electron chi connectivity index (χ2n) is 6.96. The van der Waals surface area contributed by atoms with Crippen molar-refractivity contribution in [2.75, 3.05) is 6.54 Å². The summed E-state index contributed by atoms with van der Waals surface area (Å²) in [6, 6.07) is 19.5. The quantitative estimate of drug-likeness (QED) is 0.502. The molecule has 3 heteroatoms. The van der Waals surface area contributed by atoms with Gasteiger partial charge in [0.1, 0.15) is 5.82 Å². The summed E-state index contributed by atoms with van der Waals surface area (Å²) in [4.78, 5) is 3.29. The van der Waals surface area contributed by atoms with E-state index in [1.807, 2.05) is 5.38 Å². The maximum atomic E-state index is 13.9. The van der Waals surface area contributed by atoms with Gasteiger partial charge in [0.05, 0.1) is 4.88 Å². The molecule has 1 aromatic heterocycles. The molecule has 1 atom stereocenters. The fourth-order valence-corrected chi connectivity index (χ4v) is 4.77. The molecule has 0 aliphatic carbocycles. The zero-order chi connectivity index (χ0) is 17.9. The number of hydrogen-bond donors (Lipinski definition) is 0. The number of rotatable bonds is 5. The van der Waals surface area contributed by atoms with Crippen LogP contribution >= 0.6 is 11.3 Å². The van der Waals surface area contributed by atoms with Gasteiger partial charge in [0.2, 0.25) is 0 Å². The van der Waals surface area contributed by atoms with Gasteiger partial charge in [0.15, 0.2) is 0 Å². The van der Waals surface area contributed by atoms with Crippen molar-refractivity contribution >= 4 is 11.3 Å². The Hall–Kier alpha value is -1.97. The zero-order valence-electron chi connectivity index (χ0n) is 15.1. The molecule has 0 N–H and O–H groups in total. The van der Waals surface area contributed by atoms with E-state index in [0.717, 1.165) is 24.3 Å². The van der Waals surface area contributed by atoms with Gasteiger partial charge in [-0.3, -0.25) is 4.90 Å². The average molecular weight is 366 g/mol. The van der Waals surface area contributed by atoms with Crippen LogP contribution < -0.4 is 0 Å². The smallest absolute Gasteiger partial charge is 0.138 e. The third kappa shape index (κ3) is 3.46. The fraction of sp³-hybridized carbons (Fsp3) is 0.304. The molecule has 0 unspecified atom stereocenters. The SMILES string of the molecule is CCc1cccc(-c2ccccc2[C@@H]2CCCN2Cc2sccc2F)c1. The van der Waals surface area contributed by atoms with Crippen molar-refractivity contribution in [2.24, 2.45) is 0 Å². The number of aryl methyl sites for hydroxylation is 1. The molecule has 1 nitrogen and oxygen atoms in total. The van der Waals surface area contributed by atoms with E-state index in [4.69, 9.17) is 0 Å². The highest BCUT2D eigenvalue weighted by atomic mass is 32.1. The van der Waals surface area contributed by atoms with Gasteiger partial charge in [-0.1, -0.05) is 55.5 Å². The highest BCUT2D eigenvalue weighted by Crippen LogP contribution is 2.39. The van der Waals surface area contributed by atoms with Crippen LogP contribution in [0.4, 0.5) is 4.39 Å². The van der Waals surface area contributed by atoms with Crippen molar-refractivity contribution < 1.29 is 4.39 Å². The topological polar surface area (TPSA) is 3.24 Å². The first-order valence-corrected chi connectivity index (χ1v) is 10.3. The van der Waals surface area contributed by atoms with E-state index in [0.29, 0.717) is 12.6 Å². The lowest BCUT2D eigenvalue weighted by Gasteiger charge is -2.26. The Balaban J connectivity index is 1.67. The fourth-order valence-electron chi connectivity index (χ4n) is 4.00. The Labute approximate surface area is 159 Å². The van der Waals surface area contributed by atoms with Crippen LogP contribution in [-0.2, 0) is 13.0 Å². The van der Waals surface area contributed by atoms with Crippen molar-refractivity contribution in [3.63, 3.8) is 0 Å². The van der Waals surface area contributed by atoms with E-state index in [1.165, 1.54) is 40.0 Å². The van der Waals surface area contributed by atoms with Gasteiger partial charge < -0.3 is 0 Å². The molecule has 1 saturated heterocycles. The van der Waals surface area contributed by atoms with Crippen molar-refractivity contribution in [2.45, 2.75) is 38.8 Å². The summed E-state index contributed by atoms with van der Waals surface area (Å²) in [6.07, 6.45) is 3.35. The number of benzene rings is 2. The molecule has 2 heterocycles. The molecule has 0 amide bonds. The lowest BCUT2D eigenvalue weighted by Crippen LogP contribution is -2.23. The number of likely N-dealkylation sites (tertiary alicyclic amines) is 1. The van der Waals surface area contributed by atoms with Gasteiger partial charge in [0.25, 0.3) is 0 Å². The van der Waals surface area contributed by atoms with Crippen LogP contribution in [0.5, 0.6) is 0 Å². The molecule has 1 aliphatic heterocycles. The Morgan fingerprint density at radius 1 is 1.12 bits per heavy atom. The molecule has 0 radical (unpaired) electrons. The molecule has 0 saturated carbocycles. The summed E-state index contributed by atoms with van der Waals surface area (Å²) < 4.78 is 13.9. The van der Waals surface area contributed by atoms with E-state index < -0.39 is 0 Å². The predicted octanol–water partition coefficient (Wildman–Crippen LogP) is 6.45. The molecule has 0 spiro atoms. The van der Waals surface area contributed by atoms with E-state index in [-0.39, 0.29) is 5.82 Å². The number of hydrogen-bond acceptors (Lipinski definition) is 2. The maximum Gasteiger partial charge on any atom is 0.138 e. The van der Waals surface area contributed by atoms with Gasteiger partial charge in [0, 0.05) is 12.6 Å². The highest BCUT2D eigenvalue weighted by Gasteiger charge is 2.28. The summed E-state index contributed by atoms with van der Waals surface area (Å²) in [5.74, 6) is -0.0652. The van der Waals surface area contributed by atoms with Gasteiger partial charge in [-0.2, -0.15) is 0 Å². The molecular weight excluding hydrogens is 341 g/mol. The van der Waals surface area contributed by atoms with Gasteiger partial charge in [-0.25, -0.2) is 4.39 Å². The highest BCUT2D eigenvalue weighted by molar-refractivity contribution is 7.09. The Kier molecular flexibility index (Phi) is 5.18. The largest absolute Gasteiger partial charge is 0.291 e. The summed E-state index contributed by atoms with van der Waals surface area (Å²) in [5, 5.41) is 1.85. The third-order valence-electron chi connectivity index (χ3n) is 5.37. The predicted molar refractivity (Wildman–Crippen MR) is 108 cm³/mol. The summed E-state index contributed by atoms with van der Waals surface area (Å²) >= 11 is 1.52. The lowest BCUT2D eigenvalue weighted by atomic mass is 9.92. The molecule has 0 bridgehead atoms. The van der Waals surface area contributed by atoms with E-state index in [2.05, 4.69) is 60.4 Å². The Morgan fingerprint density at radius 3 is 2.81 bits per heavy atom. The van der Waals surface area contributed by atoms with Crippen molar-refractivity contribution in [1.82, 2.24) is 4.90 Å². The number of thiophene rings is 1. The first-order chi connectivity index (χ1) is 12.8. The third-order valence-corrected chi connectivity index (χ3v) is 6.25. The molecule has 4 rings (SSSR count). The molecule has 3 aromatic rings. The van der Waals surface area contributed by atoms with E-state index >= 15 is 0 Å². The summed E-state index contributed by atoms with van der Waals surface area (Å²) in [5.41, 5.74) is 5.33. The van der Waals surface area contributed by atoms with Crippen LogP contribution in [-0.4, -0.2) is 11.4 Å². The second kappa shape index (κ2) is 7.73. The van der Waals surface area contributed by atoms with Gasteiger partial charge in [-0.15, -0.1) is 11.3 Å². The van der Waals surface area contributed by atoms with Crippen molar-refractivity contribution in [3.8, 4) is 11.1 Å². The minimum Gasteiger partial charge on any atom is -0.291 e. The molecule has 2 aromatic carbocycles. The minimum atomic E-state index is -0.0652. The first-order valence-electron chi connectivity index (χ1n) is 9.40. The maximum absolute atomic E-state index is 13.9. The van der Waals surface area contributed by atoms with Gasteiger partial charge >= 0.3 is 0 Å². The zero-order valence-corrected chi connectivity index (χ0v) is 15.9. The van der Waals surface area contributed by atoms with Crippen LogP contribution in [0.15, 0.2) is 60.0 Å². The van der Waals surface area contributed by atoms with Gasteiger partial charge in [-0.05, 0) is 59.5 Å². The second-order valence-corrected chi connectivity index (χ2v) is 7.96. The summed E-state index contributed by atoms with van der Waals surface area (Å²) in [7, 11) is 0. The molecule has 134 valence electrons. The standard InChI is InChI=1S/C23H24FNS/c1-2-17-7-5-8-18(15-17)19-9-3-4-10-20(19)22-11-6-13-25(22)16-23-21(24)12-14-26-23/h3-5,7-10,12,14-15,22H,2,6,11,13,16H2,1H3/t22-/m0/s1. The van der Waals surface area contributed by atoms with Crippen LogP contribution in [0.2, 0.25) is 0 Å². The Bertz CT molecular complexity index is 885. The molecule has 1 aliphatic rings. The summed E-state index contributed by atoms with van der Waals surface area (Å²) in [6.45, 7) is 3.93. The average Bonchev–Trinajstić information content (AvgIpc) is 3.31. The normalized spacial score (nSPS) is 17.7. The lowest BCUT2D eigenvalue weighted by molar-refractivity contribution is 0.248. The van der Waals surface area contributed by atoms with Crippen LogP contribution in [0, 0.1) is 5.82 Å². The van der Waals surface area contributed by atoms with Crippen LogP contribution in [0.25, 0.3) is 11.1 Å². The Morgan fingerprint density at radius 2 is 2.00 bits per heavy atom. The van der Waals surface area contributed by atoms with E-state index in [9.17, 15) is 4.39 Å². The molecule has 26 heavy (non-hydrogen) atoms. The molecule has 1 fully saturated rings. The monoisotopic (exact) mass is 365 g/mol. The van der Waals surface area contributed by atoms with Crippen molar-refractivity contribution in [3.05, 3.63) is 81.8 Å². The number of nitrogens with zero attached hydrogens (tertiary/aromatic N) is 1.